The van der Waals surface area contributed by atoms with E-state index in [-0.39, 0.29) is 6.54 Å². The van der Waals surface area contributed by atoms with Crippen LogP contribution >= 0.6 is 0 Å². The zero-order valence-electron chi connectivity index (χ0n) is 16.1. The molecule has 1 fully saturated rings. The minimum Gasteiger partial charge on any atom is -0.444 e. The van der Waals surface area contributed by atoms with Gasteiger partial charge < -0.3 is 19.8 Å². The van der Waals surface area contributed by atoms with Crippen LogP contribution in [0.25, 0.3) is 11.5 Å². The van der Waals surface area contributed by atoms with E-state index in [2.05, 4.69) is 20.6 Å². The molecule has 2 heterocycles. The van der Waals surface area contributed by atoms with Gasteiger partial charge in [0, 0.05) is 38.6 Å². The first-order valence-corrected chi connectivity index (χ1v) is 11.0. The van der Waals surface area contributed by atoms with Crippen LogP contribution in [0.1, 0.15) is 18.5 Å². The number of oxazole rings is 1. The standard InChI is InChI=1S/C19H26N4O4S/c1-20-18(22-14-19(28(2,24)25)8-10-26-11-9-19)21-12-16-13-27-17(23-16)15-6-4-3-5-7-15/h3-7,13H,8-12,14H2,1-2H3,(H2,20,21,22). The summed E-state index contributed by atoms with van der Waals surface area (Å²) < 4.78 is 34.7. The lowest BCUT2D eigenvalue weighted by Crippen LogP contribution is -2.53. The van der Waals surface area contributed by atoms with Gasteiger partial charge in [-0.05, 0) is 25.0 Å². The molecule has 28 heavy (non-hydrogen) atoms. The zero-order chi connectivity index (χ0) is 20.0. The normalized spacial score (nSPS) is 17.3. The summed E-state index contributed by atoms with van der Waals surface area (Å²) >= 11 is 0. The molecule has 0 bridgehead atoms. The Morgan fingerprint density at radius 3 is 2.57 bits per heavy atom. The molecule has 1 aromatic heterocycles. The van der Waals surface area contributed by atoms with E-state index in [1.54, 1.807) is 13.3 Å². The molecular weight excluding hydrogens is 380 g/mol. The average molecular weight is 407 g/mol. The third-order valence-electron chi connectivity index (χ3n) is 5.00. The zero-order valence-corrected chi connectivity index (χ0v) is 17.0. The molecule has 0 radical (unpaired) electrons. The second-order valence-corrected chi connectivity index (χ2v) is 9.27. The van der Waals surface area contributed by atoms with E-state index in [9.17, 15) is 8.42 Å². The first-order chi connectivity index (χ1) is 13.4. The molecule has 152 valence electrons. The SMILES string of the molecule is CN=C(NCc1coc(-c2ccccc2)n1)NCC1(S(C)(=O)=O)CCOCC1. The van der Waals surface area contributed by atoms with Crippen molar-refractivity contribution < 1.29 is 17.6 Å². The smallest absolute Gasteiger partial charge is 0.226 e. The van der Waals surface area contributed by atoms with Gasteiger partial charge in [-0.15, -0.1) is 0 Å². The Morgan fingerprint density at radius 2 is 1.93 bits per heavy atom. The van der Waals surface area contributed by atoms with E-state index in [4.69, 9.17) is 9.15 Å². The van der Waals surface area contributed by atoms with E-state index < -0.39 is 14.6 Å². The fourth-order valence-corrected chi connectivity index (χ4v) is 4.41. The average Bonchev–Trinajstić information content (AvgIpc) is 3.18. The summed E-state index contributed by atoms with van der Waals surface area (Å²) in [7, 11) is -1.59. The van der Waals surface area contributed by atoms with Gasteiger partial charge in [0.05, 0.1) is 17.0 Å². The summed E-state index contributed by atoms with van der Waals surface area (Å²) in [5, 5.41) is 6.29. The van der Waals surface area contributed by atoms with E-state index in [1.165, 1.54) is 6.26 Å². The van der Waals surface area contributed by atoms with Crippen molar-refractivity contribution in [2.45, 2.75) is 24.1 Å². The first kappa shape index (κ1) is 20.3. The third-order valence-corrected chi connectivity index (χ3v) is 7.13. The van der Waals surface area contributed by atoms with Gasteiger partial charge in [-0.25, -0.2) is 13.4 Å². The third kappa shape index (κ3) is 4.71. The van der Waals surface area contributed by atoms with Crippen molar-refractivity contribution in [3.8, 4) is 11.5 Å². The predicted molar refractivity (Wildman–Crippen MR) is 108 cm³/mol. The topological polar surface area (TPSA) is 106 Å². The molecule has 1 aliphatic heterocycles. The number of hydrogen-bond acceptors (Lipinski definition) is 6. The lowest BCUT2D eigenvalue weighted by atomic mass is 9.99. The molecule has 2 N–H and O–H groups in total. The van der Waals surface area contributed by atoms with Gasteiger partial charge >= 0.3 is 0 Å². The largest absolute Gasteiger partial charge is 0.444 e. The fraction of sp³-hybridized carbons (Fsp3) is 0.474. The Bertz CT molecular complexity index is 903. The Kier molecular flexibility index (Phi) is 6.35. The Labute approximate surface area is 165 Å². The number of rotatable bonds is 6. The minimum absolute atomic E-state index is 0.281. The lowest BCUT2D eigenvalue weighted by Gasteiger charge is -2.35. The molecular formula is C19H26N4O4S. The monoisotopic (exact) mass is 406 g/mol. The highest BCUT2D eigenvalue weighted by atomic mass is 32.2. The van der Waals surface area contributed by atoms with Crippen molar-refractivity contribution >= 4 is 15.8 Å². The Hall–Kier alpha value is -2.39. The molecule has 0 unspecified atom stereocenters. The molecule has 1 aliphatic rings. The Balaban J connectivity index is 1.59. The van der Waals surface area contributed by atoms with Gasteiger partial charge in [0.1, 0.15) is 6.26 Å². The maximum Gasteiger partial charge on any atom is 0.226 e. The lowest BCUT2D eigenvalue weighted by molar-refractivity contribution is 0.0756. The highest BCUT2D eigenvalue weighted by Crippen LogP contribution is 2.28. The maximum absolute atomic E-state index is 12.3. The highest BCUT2D eigenvalue weighted by molar-refractivity contribution is 7.92. The highest BCUT2D eigenvalue weighted by Gasteiger charge is 2.42. The van der Waals surface area contributed by atoms with Gasteiger partial charge in [0.25, 0.3) is 0 Å². The van der Waals surface area contributed by atoms with Crippen molar-refractivity contribution in [3.63, 3.8) is 0 Å². The van der Waals surface area contributed by atoms with E-state index >= 15 is 0 Å². The van der Waals surface area contributed by atoms with Crippen molar-refractivity contribution in [2.24, 2.45) is 4.99 Å². The molecule has 2 aromatic rings. The van der Waals surface area contributed by atoms with Crippen molar-refractivity contribution in [3.05, 3.63) is 42.3 Å². The summed E-state index contributed by atoms with van der Waals surface area (Å²) in [6.45, 7) is 1.58. The van der Waals surface area contributed by atoms with Crippen LogP contribution < -0.4 is 10.6 Å². The van der Waals surface area contributed by atoms with E-state index in [0.717, 1.165) is 11.3 Å². The van der Waals surface area contributed by atoms with E-state index in [1.807, 2.05) is 30.3 Å². The number of aliphatic imine (C=N–C) groups is 1. The van der Waals surface area contributed by atoms with Crippen LogP contribution in [0.15, 0.2) is 46.0 Å². The summed E-state index contributed by atoms with van der Waals surface area (Å²) in [4.78, 5) is 8.64. The number of sulfone groups is 1. The molecule has 3 rings (SSSR count). The van der Waals surface area contributed by atoms with Gasteiger partial charge in [0.2, 0.25) is 5.89 Å². The molecule has 0 atom stereocenters. The molecule has 0 saturated carbocycles. The van der Waals surface area contributed by atoms with Gasteiger partial charge in [-0.2, -0.15) is 0 Å². The summed E-state index contributed by atoms with van der Waals surface area (Å²) in [5.41, 5.74) is 1.64. The molecule has 0 spiro atoms. The van der Waals surface area contributed by atoms with Gasteiger partial charge in [0.15, 0.2) is 15.8 Å². The number of nitrogens with one attached hydrogen (secondary N) is 2. The van der Waals surface area contributed by atoms with Crippen LogP contribution in [-0.2, 0) is 21.1 Å². The minimum atomic E-state index is -3.24. The molecule has 1 saturated heterocycles. The summed E-state index contributed by atoms with van der Waals surface area (Å²) in [5.74, 6) is 1.07. The number of aromatic nitrogens is 1. The van der Waals surface area contributed by atoms with Crippen LogP contribution in [0.4, 0.5) is 0 Å². The van der Waals surface area contributed by atoms with Crippen LogP contribution in [-0.4, -0.2) is 57.2 Å². The van der Waals surface area contributed by atoms with Crippen LogP contribution in [0, 0.1) is 0 Å². The number of guanidine groups is 1. The maximum atomic E-state index is 12.3. The van der Waals surface area contributed by atoms with E-state index in [0.29, 0.717) is 44.5 Å². The number of benzene rings is 1. The van der Waals surface area contributed by atoms with Gasteiger partial charge in [-0.1, -0.05) is 18.2 Å². The molecule has 0 amide bonds. The Morgan fingerprint density at radius 1 is 1.21 bits per heavy atom. The summed E-state index contributed by atoms with van der Waals surface area (Å²) in [6.07, 6.45) is 3.83. The van der Waals surface area contributed by atoms with Crippen molar-refractivity contribution in [2.75, 3.05) is 33.1 Å². The number of ether oxygens (including phenoxy) is 1. The van der Waals surface area contributed by atoms with Crippen molar-refractivity contribution in [1.29, 1.82) is 0 Å². The number of hydrogen-bond donors (Lipinski definition) is 2. The quantitative estimate of drug-likeness (QED) is 0.554. The van der Waals surface area contributed by atoms with Crippen LogP contribution in [0.3, 0.4) is 0 Å². The second-order valence-electron chi connectivity index (χ2n) is 6.86. The molecule has 1 aromatic carbocycles. The predicted octanol–water partition coefficient (Wildman–Crippen LogP) is 1.60. The molecule has 9 heteroatoms. The molecule has 8 nitrogen and oxygen atoms in total. The van der Waals surface area contributed by atoms with Gasteiger partial charge in [-0.3, -0.25) is 4.99 Å². The first-order valence-electron chi connectivity index (χ1n) is 9.15. The summed E-state index contributed by atoms with van der Waals surface area (Å²) in [6, 6.07) is 9.66. The fourth-order valence-electron chi connectivity index (χ4n) is 3.16. The van der Waals surface area contributed by atoms with Crippen LogP contribution in [0.5, 0.6) is 0 Å². The van der Waals surface area contributed by atoms with Crippen molar-refractivity contribution in [1.82, 2.24) is 15.6 Å². The second kappa shape index (κ2) is 8.74. The van der Waals surface area contributed by atoms with Crippen LogP contribution in [0.2, 0.25) is 0 Å². The molecule has 0 aliphatic carbocycles. The number of nitrogens with zero attached hydrogens (tertiary/aromatic N) is 2.